The van der Waals surface area contributed by atoms with Gasteiger partial charge in [-0.25, -0.2) is 0 Å². The number of aliphatic hydroxyl groups excluding tert-OH is 2. The number of carbonyl (C=O) groups is 1. The Hall–Kier alpha value is -1.85. The van der Waals surface area contributed by atoms with Crippen LogP contribution in [0, 0.1) is 0 Å². The number of aliphatic hydroxyl groups is 2. The first-order chi connectivity index (χ1) is 9.14. The Morgan fingerprint density at radius 2 is 2.05 bits per heavy atom. The maximum atomic E-state index is 12.2. The van der Waals surface area contributed by atoms with Crippen molar-refractivity contribution in [2.24, 2.45) is 0 Å². The summed E-state index contributed by atoms with van der Waals surface area (Å²) in [5.41, 5.74) is 0.499. The van der Waals surface area contributed by atoms with E-state index in [9.17, 15) is 15.0 Å². The second-order valence-corrected chi connectivity index (χ2v) is 4.68. The van der Waals surface area contributed by atoms with Crippen LogP contribution in [0.15, 0.2) is 30.5 Å². The fourth-order valence-electron chi connectivity index (χ4n) is 1.95. The van der Waals surface area contributed by atoms with E-state index in [0.29, 0.717) is 12.0 Å². The summed E-state index contributed by atoms with van der Waals surface area (Å²) in [7, 11) is 0. The number of aromatic nitrogens is 1. The fraction of sp³-hybridized carbons (Fsp3) is 0.357. The number of amides is 1. The molecule has 2 aromatic rings. The normalized spacial score (nSPS) is 11.7. The van der Waals surface area contributed by atoms with Gasteiger partial charge in [-0.05, 0) is 30.7 Å². The minimum atomic E-state index is -0.968. The van der Waals surface area contributed by atoms with Crippen molar-refractivity contribution in [3.63, 3.8) is 0 Å². The van der Waals surface area contributed by atoms with Crippen LogP contribution in [0.5, 0.6) is 0 Å². The SMILES string of the molecule is CCC(CO)(CO)NC(=O)c1ccc2[nH]ccc2c1. The van der Waals surface area contributed by atoms with Crippen molar-refractivity contribution in [3.05, 3.63) is 36.0 Å². The van der Waals surface area contributed by atoms with E-state index in [1.165, 1.54) is 0 Å². The molecule has 102 valence electrons. The van der Waals surface area contributed by atoms with Gasteiger partial charge in [0.25, 0.3) is 5.91 Å². The van der Waals surface area contributed by atoms with Crippen LogP contribution in [-0.4, -0.2) is 39.9 Å². The van der Waals surface area contributed by atoms with Crippen molar-refractivity contribution in [1.29, 1.82) is 0 Å². The number of nitrogens with one attached hydrogen (secondary N) is 2. The maximum absolute atomic E-state index is 12.2. The van der Waals surface area contributed by atoms with Gasteiger partial charge in [-0.1, -0.05) is 6.92 Å². The lowest BCUT2D eigenvalue weighted by molar-refractivity contribution is 0.0653. The number of fused-ring (bicyclic) bond motifs is 1. The highest BCUT2D eigenvalue weighted by molar-refractivity contribution is 5.98. The van der Waals surface area contributed by atoms with Crippen molar-refractivity contribution in [3.8, 4) is 0 Å². The predicted molar refractivity (Wildman–Crippen MR) is 73.0 cm³/mol. The minimum Gasteiger partial charge on any atom is -0.394 e. The van der Waals surface area contributed by atoms with Crippen LogP contribution in [0.2, 0.25) is 0 Å². The average Bonchev–Trinajstić information content (AvgIpc) is 2.92. The third kappa shape index (κ3) is 2.62. The van der Waals surface area contributed by atoms with Gasteiger partial charge in [0.2, 0.25) is 0 Å². The molecule has 0 aliphatic heterocycles. The van der Waals surface area contributed by atoms with Crippen molar-refractivity contribution in [2.75, 3.05) is 13.2 Å². The largest absolute Gasteiger partial charge is 0.394 e. The van der Waals surface area contributed by atoms with Gasteiger partial charge in [-0.15, -0.1) is 0 Å². The molecule has 0 bridgehead atoms. The summed E-state index contributed by atoms with van der Waals surface area (Å²) in [5, 5.41) is 22.3. The molecule has 0 spiro atoms. The molecule has 1 heterocycles. The molecule has 0 saturated carbocycles. The van der Waals surface area contributed by atoms with E-state index >= 15 is 0 Å². The lowest BCUT2D eigenvalue weighted by Gasteiger charge is -2.29. The summed E-state index contributed by atoms with van der Waals surface area (Å²) >= 11 is 0. The molecule has 5 heteroatoms. The molecule has 4 N–H and O–H groups in total. The third-order valence-corrected chi connectivity index (χ3v) is 3.48. The molecular weight excluding hydrogens is 244 g/mol. The smallest absolute Gasteiger partial charge is 0.251 e. The van der Waals surface area contributed by atoms with E-state index < -0.39 is 5.54 Å². The lowest BCUT2D eigenvalue weighted by atomic mass is 9.97. The Balaban J connectivity index is 2.23. The number of aromatic amines is 1. The highest BCUT2D eigenvalue weighted by atomic mass is 16.3. The first kappa shape index (κ1) is 13.6. The molecule has 19 heavy (non-hydrogen) atoms. The Morgan fingerprint density at radius 3 is 2.68 bits per heavy atom. The topological polar surface area (TPSA) is 85.3 Å². The molecule has 1 amide bonds. The zero-order chi connectivity index (χ0) is 13.9. The summed E-state index contributed by atoms with van der Waals surface area (Å²) in [6.45, 7) is 1.22. The van der Waals surface area contributed by atoms with Crippen molar-refractivity contribution >= 4 is 16.8 Å². The highest BCUT2D eigenvalue weighted by Gasteiger charge is 2.28. The van der Waals surface area contributed by atoms with E-state index in [1.807, 2.05) is 25.3 Å². The van der Waals surface area contributed by atoms with Crippen LogP contribution >= 0.6 is 0 Å². The van der Waals surface area contributed by atoms with Crippen LogP contribution in [0.25, 0.3) is 10.9 Å². The summed E-state index contributed by atoms with van der Waals surface area (Å²) in [4.78, 5) is 15.2. The monoisotopic (exact) mass is 262 g/mol. The second kappa shape index (κ2) is 5.42. The molecule has 0 radical (unpaired) electrons. The lowest BCUT2D eigenvalue weighted by Crippen LogP contribution is -2.53. The Labute approximate surface area is 111 Å². The van der Waals surface area contributed by atoms with Crippen molar-refractivity contribution in [1.82, 2.24) is 10.3 Å². The van der Waals surface area contributed by atoms with Gasteiger partial charge < -0.3 is 20.5 Å². The van der Waals surface area contributed by atoms with Crippen LogP contribution in [-0.2, 0) is 0 Å². The number of carbonyl (C=O) groups excluding carboxylic acids is 1. The summed E-state index contributed by atoms with van der Waals surface area (Å²) in [6, 6.07) is 7.20. The molecule has 5 nitrogen and oxygen atoms in total. The number of rotatable bonds is 5. The molecule has 0 atom stereocenters. The van der Waals surface area contributed by atoms with Crippen LogP contribution < -0.4 is 5.32 Å². The van der Waals surface area contributed by atoms with Crippen LogP contribution in [0.4, 0.5) is 0 Å². The van der Waals surface area contributed by atoms with E-state index in [0.717, 1.165) is 10.9 Å². The summed E-state index contributed by atoms with van der Waals surface area (Å²) in [5.74, 6) is -0.298. The van der Waals surface area contributed by atoms with Gasteiger partial charge in [0, 0.05) is 22.7 Å². The molecular formula is C14H18N2O3. The average molecular weight is 262 g/mol. The maximum Gasteiger partial charge on any atom is 0.251 e. The van der Waals surface area contributed by atoms with Gasteiger partial charge in [0.15, 0.2) is 0 Å². The minimum absolute atomic E-state index is 0.294. The van der Waals surface area contributed by atoms with Gasteiger partial charge in [-0.2, -0.15) is 0 Å². The van der Waals surface area contributed by atoms with Crippen LogP contribution in [0.3, 0.4) is 0 Å². The molecule has 1 aromatic carbocycles. The number of benzene rings is 1. The van der Waals surface area contributed by atoms with Gasteiger partial charge in [-0.3, -0.25) is 4.79 Å². The van der Waals surface area contributed by atoms with Gasteiger partial charge in [0.05, 0.1) is 18.8 Å². The molecule has 0 aliphatic rings. The first-order valence-electron chi connectivity index (χ1n) is 6.25. The van der Waals surface area contributed by atoms with E-state index in [4.69, 9.17) is 0 Å². The zero-order valence-electron chi connectivity index (χ0n) is 10.8. The Morgan fingerprint density at radius 1 is 1.32 bits per heavy atom. The first-order valence-corrected chi connectivity index (χ1v) is 6.25. The number of H-pyrrole nitrogens is 1. The molecule has 1 aromatic heterocycles. The van der Waals surface area contributed by atoms with E-state index in [2.05, 4.69) is 10.3 Å². The van der Waals surface area contributed by atoms with Gasteiger partial charge in [0.1, 0.15) is 0 Å². The number of hydrogen-bond donors (Lipinski definition) is 4. The predicted octanol–water partition coefficient (Wildman–Crippen LogP) is 1.03. The van der Waals surface area contributed by atoms with Crippen molar-refractivity contribution in [2.45, 2.75) is 18.9 Å². The van der Waals surface area contributed by atoms with E-state index in [1.54, 1.807) is 12.1 Å². The summed E-state index contributed by atoms with van der Waals surface area (Å²) in [6.07, 6.45) is 2.27. The fourth-order valence-corrected chi connectivity index (χ4v) is 1.95. The molecule has 0 saturated heterocycles. The second-order valence-electron chi connectivity index (χ2n) is 4.68. The molecule has 0 fully saturated rings. The summed E-state index contributed by atoms with van der Waals surface area (Å²) < 4.78 is 0. The molecule has 0 aliphatic carbocycles. The third-order valence-electron chi connectivity index (χ3n) is 3.48. The van der Waals surface area contributed by atoms with Crippen molar-refractivity contribution < 1.29 is 15.0 Å². The molecule has 0 unspecified atom stereocenters. The Kier molecular flexibility index (Phi) is 3.87. The quantitative estimate of drug-likeness (QED) is 0.649. The zero-order valence-corrected chi connectivity index (χ0v) is 10.8. The standard InChI is InChI=1S/C14H18N2O3/c1-2-14(8-17,9-18)16-13(19)11-3-4-12-10(7-11)5-6-15-12/h3-7,15,17-18H,2,8-9H2,1H3,(H,16,19). The Bertz CT molecular complexity index is 565. The highest BCUT2D eigenvalue weighted by Crippen LogP contribution is 2.16. The number of hydrogen-bond acceptors (Lipinski definition) is 3. The van der Waals surface area contributed by atoms with Crippen LogP contribution in [0.1, 0.15) is 23.7 Å². The van der Waals surface area contributed by atoms with E-state index in [-0.39, 0.29) is 19.1 Å². The molecule has 2 rings (SSSR count). The van der Waals surface area contributed by atoms with Gasteiger partial charge >= 0.3 is 0 Å².